The van der Waals surface area contributed by atoms with Gasteiger partial charge in [-0.1, -0.05) is 0 Å². The first-order valence-corrected chi connectivity index (χ1v) is 14.6. The van der Waals surface area contributed by atoms with Gasteiger partial charge in [0.15, 0.2) is 0 Å². The van der Waals surface area contributed by atoms with Crippen LogP contribution in [-0.2, 0) is 12.8 Å². The number of rotatable bonds is 18. The van der Waals surface area contributed by atoms with E-state index in [2.05, 4.69) is 36.4 Å². The van der Waals surface area contributed by atoms with Crippen LogP contribution in [-0.4, -0.2) is 29.2 Å². The van der Waals surface area contributed by atoms with Crippen molar-refractivity contribution in [2.24, 2.45) is 0 Å². The normalized spacial score (nSPS) is 10.9. The molecule has 2 aromatic rings. The molecule has 0 aliphatic carbocycles. The second kappa shape index (κ2) is 17.2. The van der Waals surface area contributed by atoms with Gasteiger partial charge in [-0.15, -0.1) is 0 Å². The first-order valence-electron chi connectivity index (χ1n) is 12.2. The second-order valence-corrected chi connectivity index (χ2v) is 10.8. The Morgan fingerprint density at radius 1 is 0.516 bits per heavy atom. The topological polar surface area (TPSA) is 18.5 Å². The molecule has 3 heteroatoms. The van der Waals surface area contributed by atoms with E-state index in [4.69, 9.17) is 9.47 Å². The molecule has 0 aliphatic heterocycles. The molecule has 0 radical (unpaired) electrons. The average molecular weight is 490 g/mol. The fourth-order valence-electron chi connectivity index (χ4n) is 4.02. The Kier molecular flexibility index (Phi) is 14.3. The van der Waals surface area contributed by atoms with Crippen molar-refractivity contribution in [3.05, 3.63) is 59.7 Å². The van der Waals surface area contributed by atoms with Crippen LogP contribution in [0, 0.1) is 0 Å². The summed E-state index contributed by atoms with van der Waals surface area (Å²) < 4.78 is 10.9. The number of aryl methyl sites for hydroxylation is 2. The third-order valence-corrected chi connectivity index (χ3v) is 8.28. The van der Waals surface area contributed by atoms with E-state index >= 15 is 0 Å². The van der Waals surface area contributed by atoms with Crippen molar-refractivity contribution in [3.8, 4) is 11.5 Å². The maximum atomic E-state index is 5.44. The molecule has 0 N–H and O–H groups in total. The van der Waals surface area contributed by atoms with Gasteiger partial charge >= 0.3 is 197 Å². The molecule has 0 bridgehead atoms. The Labute approximate surface area is 197 Å². The molecule has 0 saturated heterocycles. The molecule has 31 heavy (non-hydrogen) atoms. The van der Waals surface area contributed by atoms with Crippen molar-refractivity contribution in [2.75, 3.05) is 14.2 Å². The zero-order valence-electron chi connectivity index (χ0n) is 19.7. The summed E-state index contributed by atoms with van der Waals surface area (Å²) in [5, 5.41) is 2.96. The summed E-state index contributed by atoms with van der Waals surface area (Å²) in [6.07, 6.45) is 16.0. The number of para-hydroxylation sites is 2. The van der Waals surface area contributed by atoms with Crippen molar-refractivity contribution in [1.82, 2.24) is 0 Å². The van der Waals surface area contributed by atoms with E-state index in [-0.39, 0.29) is 0 Å². The van der Waals surface area contributed by atoms with Gasteiger partial charge < -0.3 is 0 Å². The van der Waals surface area contributed by atoms with Crippen LogP contribution >= 0.6 is 0 Å². The Morgan fingerprint density at radius 3 is 1.35 bits per heavy atom. The molecule has 0 saturated carbocycles. The van der Waals surface area contributed by atoms with Gasteiger partial charge in [-0.25, -0.2) is 0 Å². The number of benzene rings is 2. The molecule has 0 heterocycles. The third kappa shape index (κ3) is 11.1. The van der Waals surface area contributed by atoms with Crippen LogP contribution in [0.2, 0.25) is 10.6 Å². The predicted molar refractivity (Wildman–Crippen MR) is 135 cm³/mol. The van der Waals surface area contributed by atoms with E-state index in [0.717, 1.165) is 39.3 Å². The van der Waals surface area contributed by atoms with Gasteiger partial charge in [-0.05, 0) is 0 Å². The summed E-state index contributed by atoms with van der Waals surface area (Å²) in [6, 6.07) is 16.9. The van der Waals surface area contributed by atoms with Gasteiger partial charge in [0.1, 0.15) is 0 Å². The van der Waals surface area contributed by atoms with Crippen LogP contribution in [0.4, 0.5) is 0 Å². The van der Waals surface area contributed by atoms with E-state index in [1.54, 1.807) is 14.2 Å². The van der Waals surface area contributed by atoms with Gasteiger partial charge in [-0.2, -0.15) is 0 Å². The van der Waals surface area contributed by atoms with Crippen LogP contribution in [0.5, 0.6) is 11.5 Å². The molecule has 0 fully saturated rings. The summed E-state index contributed by atoms with van der Waals surface area (Å²) in [7, 11) is 3.54. The number of methoxy groups -OCH3 is 2. The van der Waals surface area contributed by atoms with E-state index < -0.39 is 0 Å². The van der Waals surface area contributed by atoms with Gasteiger partial charge in [0.2, 0.25) is 0 Å². The van der Waals surface area contributed by atoms with Crippen molar-refractivity contribution in [1.29, 1.82) is 0 Å². The van der Waals surface area contributed by atoms with Crippen LogP contribution in [0.3, 0.4) is 0 Å². The summed E-state index contributed by atoms with van der Waals surface area (Å²) in [5.41, 5.74) is 2.71. The van der Waals surface area contributed by atoms with Crippen LogP contribution in [0.15, 0.2) is 48.5 Å². The summed E-state index contributed by atoms with van der Waals surface area (Å²) in [6.45, 7) is 0. The number of ether oxygens (including phenoxy) is 2. The fraction of sp³-hybridized carbons (Fsp3) is 0.571. The molecular formula is C28H42O2Se. The molecule has 172 valence electrons. The molecule has 0 amide bonds. The summed E-state index contributed by atoms with van der Waals surface area (Å²) in [5.74, 6) is 2.09. The number of hydrogen-bond acceptors (Lipinski definition) is 2. The zero-order chi connectivity index (χ0) is 22.0. The number of hydrogen-bond donors (Lipinski definition) is 0. The SMILES string of the molecule is COc1ccccc1CCCCCCC[Se]CCCCCCCc1ccccc1OC. The van der Waals surface area contributed by atoms with E-state index in [9.17, 15) is 0 Å². The Bertz CT molecular complexity index is 641. The standard InChI is InChI=1S/C28H42O2Se/c1-29-27-21-13-11-19-25(27)17-9-5-3-7-15-23-31-24-16-8-4-6-10-18-26-20-12-14-22-28(26)30-2/h11-14,19-22H,3-10,15-18,23-24H2,1-2H3. The van der Waals surface area contributed by atoms with Crippen molar-refractivity contribution >= 4 is 15.0 Å². The summed E-state index contributed by atoms with van der Waals surface area (Å²) in [4.78, 5) is 0. The zero-order valence-corrected chi connectivity index (χ0v) is 21.5. The third-order valence-electron chi connectivity index (χ3n) is 5.85. The summed E-state index contributed by atoms with van der Waals surface area (Å²) >= 11 is 0.870. The molecule has 0 unspecified atom stereocenters. The first kappa shape index (κ1) is 25.8. The maximum absolute atomic E-state index is 5.44. The Morgan fingerprint density at radius 2 is 0.903 bits per heavy atom. The predicted octanol–water partition coefficient (Wildman–Crippen LogP) is 7.93. The average Bonchev–Trinajstić information content (AvgIpc) is 2.82. The first-order chi connectivity index (χ1) is 15.3. The molecule has 0 spiro atoms. The quantitative estimate of drug-likeness (QED) is 0.156. The molecule has 0 aliphatic rings. The minimum atomic E-state index is 0.870. The molecule has 2 nitrogen and oxygen atoms in total. The van der Waals surface area contributed by atoms with E-state index in [0.29, 0.717) is 0 Å². The Hall–Kier alpha value is -1.44. The van der Waals surface area contributed by atoms with Gasteiger partial charge in [0.25, 0.3) is 0 Å². The molecule has 2 rings (SSSR count). The van der Waals surface area contributed by atoms with Crippen LogP contribution < -0.4 is 9.47 Å². The van der Waals surface area contributed by atoms with Crippen molar-refractivity contribution in [2.45, 2.75) is 87.7 Å². The van der Waals surface area contributed by atoms with Gasteiger partial charge in [0, 0.05) is 0 Å². The van der Waals surface area contributed by atoms with Gasteiger partial charge in [0.05, 0.1) is 0 Å². The minimum absolute atomic E-state index is 0.870. The Balaban J connectivity index is 1.34. The molecule has 2 aromatic carbocycles. The second-order valence-electron chi connectivity index (χ2n) is 8.27. The van der Waals surface area contributed by atoms with Crippen molar-refractivity contribution < 1.29 is 9.47 Å². The molecular weight excluding hydrogens is 447 g/mol. The monoisotopic (exact) mass is 490 g/mol. The van der Waals surface area contributed by atoms with Crippen LogP contribution in [0.1, 0.15) is 75.3 Å². The van der Waals surface area contributed by atoms with E-state index in [1.165, 1.54) is 86.0 Å². The number of unbranched alkanes of at least 4 members (excludes halogenated alkanes) is 8. The fourth-order valence-corrected chi connectivity index (χ4v) is 6.16. The van der Waals surface area contributed by atoms with E-state index in [1.807, 2.05) is 12.1 Å². The van der Waals surface area contributed by atoms with Crippen molar-refractivity contribution in [3.63, 3.8) is 0 Å². The molecule has 0 atom stereocenters. The van der Waals surface area contributed by atoms with Crippen LogP contribution in [0.25, 0.3) is 0 Å². The van der Waals surface area contributed by atoms with Gasteiger partial charge in [-0.3, -0.25) is 0 Å². The molecule has 0 aromatic heterocycles.